The Hall–Kier alpha value is -0.830. The molecule has 1 N–H and O–H groups in total. The number of aliphatic hydroxyl groups excluding tert-OH is 1. The molecule has 1 aromatic rings. The predicted molar refractivity (Wildman–Crippen MR) is 44.6 cm³/mol. The first-order chi connectivity index (χ1) is 5.87. The lowest BCUT2D eigenvalue weighted by molar-refractivity contribution is 0.124. The van der Waals surface area contributed by atoms with Gasteiger partial charge in [0.1, 0.15) is 0 Å². The zero-order valence-electron chi connectivity index (χ0n) is 7.03. The van der Waals surface area contributed by atoms with Gasteiger partial charge in [-0.1, -0.05) is 12.8 Å². The van der Waals surface area contributed by atoms with E-state index >= 15 is 0 Å². The van der Waals surface area contributed by atoms with E-state index < -0.39 is 0 Å². The first kappa shape index (κ1) is 7.80. The van der Waals surface area contributed by atoms with Crippen molar-refractivity contribution in [2.75, 3.05) is 6.61 Å². The van der Waals surface area contributed by atoms with Crippen LogP contribution in [-0.4, -0.2) is 21.5 Å². The quantitative estimate of drug-likeness (QED) is 0.708. The van der Waals surface area contributed by atoms with E-state index in [-0.39, 0.29) is 12.1 Å². The van der Waals surface area contributed by atoms with Crippen molar-refractivity contribution in [1.82, 2.24) is 9.78 Å². The minimum Gasteiger partial charge on any atom is -0.394 e. The number of nitrogens with zero attached hydrogens (tertiary/aromatic N) is 2. The van der Waals surface area contributed by atoms with E-state index in [2.05, 4.69) is 11.2 Å². The Morgan fingerprint density at radius 3 is 2.75 bits per heavy atom. The van der Waals surface area contributed by atoms with Crippen LogP contribution in [0, 0.1) is 6.07 Å². The number of aromatic nitrogens is 2. The lowest BCUT2D eigenvalue weighted by Gasteiger charge is -2.26. The molecule has 0 unspecified atom stereocenters. The highest BCUT2D eigenvalue weighted by molar-refractivity contribution is 4.92. The van der Waals surface area contributed by atoms with E-state index in [1.807, 2.05) is 10.9 Å². The highest BCUT2D eigenvalue weighted by Gasteiger charge is 2.35. The first-order valence-corrected chi connectivity index (χ1v) is 4.39. The fourth-order valence-corrected chi connectivity index (χ4v) is 1.98. The van der Waals surface area contributed by atoms with Crippen LogP contribution in [-0.2, 0) is 5.54 Å². The molecule has 2 rings (SSSR count). The molecule has 0 aliphatic heterocycles. The molecule has 3 heteroatoms. The molecule has 1 heterocycles. The minimum absolute atomic E-state index is 0.111. The summed E-state index contributed by atoms with van der Waals surface area (Å²) in [6.45, 7) is 0.197. The molecule has 1 radical (unpaired) electrons. The van der Waals surface area contributed by atoms with Crippen LogP contribution >= 0.6 is 0 Å². The summed E-state index contributed by atoms with van der Waals surface area (Å²) in [4.78, 5) is 0. The van der Waals surface area contributed by atoms with E-state index in [1.54, 1.807) is 6.20 Å². The average Bonchev–Trinajstić information content (AvgIpc) is 2.76. The summed E-state index contributed by atoms with van der Waals surface area (Å²) in [5.41, 5.74) is -0.111. The van der Waals surface area contributed by atoms with Crippen molar-refractivity contribution in [3.05, 3.63) is 18.5 Å². The number of aliphatic hydroxyl groups is 1. The van der Waals surface area contributed by atoms with Crippen LogP contribution in [0.15, 0.2) is 12.4 Å². The molecule has 1 saturated carbocycles. The van der Waals surface area contributed by atoms with Crippen molar-refractivity contribution in [2.45, 2.75) is 31.2 Å². The van der Waals surface area contributed by atoms with Crippen molar-refractivity contribution >= 4 is 0 Å². The van der Waals surface area contributed by atoms with Gasteiger partial charge in [-0.25, -0.2) is 0 Å². The molecule has 0 aromatic carbocycles. The fraction of sp³-hybridized carbons (Fsp3) is 0.667. The summed E-state index contributed by atoms with van der Waals surface area (Å²) in [6.07, 6.45) is 7.94. The van der Waals surface area contributed by atoms with Crippen LogP contribution < -0.4 is 0 Å². The third kappa shape index (κ3) is 1.05. The molecular weight excluding hydrogens is 152 g/mol. The summed E-state index contributed by atoms with van der Waals surface area (Å²) in [7, 11) is 0. The fourth-order valence-electron chi connectivity index (χ4n) is 1.98. The monoisotopic (exact) mass is 165 g/mol. The molecule has 65 valence electrons. The van der Waals surface area contributed by atoms with Crippen LogP contribution in [0.25, 0.3) is 0 Å². The second-order valence-corrected chi connectivity index (χ2v) is 3.47. The van der Waals surface area contributed by atoms with Gasteiger partial charge in [0, 0.05) is 12.3 Å². The molecule has 1 aliphatic rings. The van der Waals surface area contributed by atoms with Crippen LogP contribution in [0.5, 0.6) is 0 Å². The number of rotatable bonds is 2. The summed E-state index contributed by atoms with van der Waals surface area (Å²) in [5, 5.41) is 13.5. The third-order valence-corrected chi connectivity index (χ3v) is 2.77. The smallest absolute Gasteiger partial charge is 0.0857 e. The van der Waals surface area contributed by atoms with E-state index in [0.29, 0.717) is 0 Å². The third-order valence-electron chi connectivity index (χ3n) is 2.77. The Balaban J connectivity index is 2.28. The average molecular weight is 165 g/mol. The molecule has 3 nitrogen and oxygen atoms in total. The second kappa shape index (κ2) is 2.90. The number of hydrogen-bond acceptors (Lipinski definition) is 2. The lowest BCUT2D eigenvalue weighted by Crippen LogP contribution is -2.34. The molecule has 1 aromatic heterocycles. The molecule has 1 aliphatic carbocycles. The highest BCUT2D eigenvalue weighted by Crippen LogP contribution is 2.35. The van der Waals surface area contributed by atoms with Gasteiger partial charge >= 0.3 is 0 Å². The van der Waals surface area contributed by atoms with Gasteiger partial charge in [-0.3, -0.25) is 4.68 Å². The van der Waals surface area contributed by atoms with Crippen LogP contribution in [0.2, 0.25) is 0 Å². The Bertz CT molecular complexity index is 237. The van der Waals surface area contributed by atoms with Gasteiger partial charge in [-0.15, -0.1) is 0 Å². The molecule has 0 spiro atoms. The van der Waals surface area contributed by atoms with Crippen LogP contribution in [0.1, 0.15) is 25.7 Å². The topological polar surface area (TPSA) is 38.0 Å². The number of hydrogen-bond donors (Lipinski definition) is 1. The van der Waals surface area contributed by atoms with E-state index in [0.717, 1.165) is 12.8 Å². The molecule has 0 atom stereocenters. The Morgan fingerprint density at radius 2 is 2.25 bits per heavy atom. The highest BCUT2D eigenvalue weighted by atomic mass is 16.3. The second-order valence-electron chi connectivity index (χ2n) is 3.47. The standard InChI is InChI=1S/C9H13N2O/c12-8-9(4-1-2-5-9)11-7-3-6-10-11/h6-7,12H,1-2,4-5,8H2. The summed E-state index contributed by atoms with van der Waals surface area (Å²) < 4.78 is 1.86. The zero-order chi connectivity index (χ0) is 8.44. The van der Waals surface area contributed by atoms with Crippen LogP contribution in [0.3, 0.4) is 0 Å². The Morgan fingerprint density at radius 1 is 1.50 bits per heavy atom. The summed E-state index contributed by atoms with van der Waals surface area (Å²) in [5.74, 6) is 0. The van der Waals surface area contributed by atoms with Crippen molar-refractivity contribution in [3.8, 4) is 0 Å². The Kier molecular flexibility index (Phi) is 1.89. The van der Waals surface area contributed by atoms with E-state index in [1.165, 1.54) is 12.8 Å². The SMILES string of the molecule is OCC1(n2c[c]cn2)CCCC1. The van der Waals surface area contributed by atoms with Crippen molar-refractivity contribution in [3.63, 3.8) is 0 Å². The van der Waals surface area contributed by atoms with Gasteiger partial charge in [-0.2, -0.15) is 5.10 Å². The first-order valence-electron chi connectivity index (χ1n) is 4.39. The van der Waals surface area contributed by atoms with E-state index in [9.17, 15) is 5.11 Å². The lowest BCUT2D eigenvalue weighted by atomic mass is 10.00. The maximum atomic E-state index is 9.31. The Labute approximate surface area is 72.0 Å². The van der Waals surface area contributed by atoms with Crippen molar-refractivity contribution < 1.29 is 5.11 Å². The summed E-state index contributed by atoms with van der Waals surface area (Å²) in [6, 6.07) is 2.91. The maximum Gasteiger partial charge on any atom is 0.0857 e. The van der Waals surface area contributed by atoms with Crippen molar-refractivity contribution in [2.24, 2.45) is 0 Å². The minimum atomic E-state index is -0.111. The molecule has 0 bridgehead atoms. The zero-order valence-corrected chi connectivity index (χ0v) is 7.03. The maximum absolute atomic E-state index is 9.31. The molecule has 1 fully saturated rings. The molecule has 12 heavy (non-hydrogen) atoms. The van der Waals surface area contributed by atoms with Gasteiger partial charge in [-0.05, 0) is 12.8 Å². The molecule has 0 amide bonds. The predicted octanol–water partition coefficient (Wildman–Crippen LogP) is 0.945. The molecular formula is C9H13N2O. The van der Waals surface area contributed by atoms with Crippen LogP contribution in [0.4, 0.5) is 0 Å². The van der Waals surface area contributed by atoms with Gasteiger partial charge in [0.2, 0.25) is 0 Å². The van der Waals surface area contributed by atoms with Gasteiger partial charge in [0.15, 0.2) is 0 Å². The molecule has 0 saturated heterocycles. The largest absolute Gasteiger partial charge is 0.394 e. The summed E-state index contributed by atoms with van der Waals surface area (Å²) >= 11 is 0. The van der Waals surface area contributed by atoms with Gasteiger partial charge in [0.05, 0.1) is 18.3 Å². The van der Waals surface area contributed by atoms with Gasteiger partial charge in [0.25, 0.3) is 0 Å². The van der Waals surface area contributed by atoms with E-state index in [4.69, 9.17) is 0 Å². The van der Waals surface area contributed by atoms with Crippen molar-refractivity contribution in [1.29, 1.82) is 0 Å². The van der Waals surface area contributed by atoms with Gasteiger partial charge < -0.3 is 5.11 Å². The normalized spacial score (nSPS) is 21.4.